The van der Waals surface area contributed by atoms with E-state index in [0.717, 1.165) is 31.8 Å². The van der Waals surface area contributed by atoms with E-state index in [0.29, 0.717) is 16.5 Å². The van der Waals surface area contributed by atoms with Gasteiger partial charge in [0.15, 0.2) is 0 Å². The molecule has 0 N–H and O–H groups in total. The van der Waals surface area contributed by atoms with E-state index in [1.807, 2.05) is 30.9 Å². The fourth-order valence-corrected chi connectivity index (χ4v) is 3.70. The molecule has 0 spiro atoms. The van der Waals surface area contributed by atoms with Crippen LogP contribution < -0.4 is 4.74 Å². The van der Waals surface area contributed by atoms with Crippen molar-refractivity contribution in [3.05, 3.63) is 34.5 Å². The molecule has 1 aliphatic rings. The van der Waals surface area contributed by atoms with Crippen molar-refractivity contribution in [1.82, 2.24) is 14.5 Å². The Morgan fingerprint density at radius 2 is 2.48 bits per heavy atom. The first-order valence-electron chi connectivity index (χ1n) is 7.06. The molecule has 0 bridgehead atoms. The molecule has 1 amide bonds. The summed E-state index contributed by atoms with van der Waals surface area (Å²) in [5, 5.41) is 1.89. The summed E-state index contributed by atoms with van der Waals surface area (Å²) < 4.78 is 7.43. The van der Waals surface area contributed by atoms with Crippen LogP contribution in [0.1, 0.15) is 21.9 Å². The molecule has 3 rings (SSSR count). The Hall–Kier alpha value is -1.82. The summed E-state index contributed by atoms with van der Waals surface area (Å²) >= 11 is 1.43. The van der Waals surface area contributed by atoms with Crippen LogP contribution in [0.3, 0.4) is 0 Å². The molecule has 0 unspecified atom stereocenters. The SMILES string of the molecule is COc1ccsc1C(=O)N(C)C[C@@H]1CCc2nccn2C1. The van der Waals surface area contributed by atoms with E-state index in [-0.39, 0.29) is 5.91 Å². The average Bonchev–Trinajstić information content (AvgIpc) is 3.14. The third-order valence-electron chi connectivity index (χ3n) is 3.95. The largest absolute Gasteiger partial charge is 0.495 e. The Labute approximate surface area is 128 Å². The van der Waals surface area contributed by atoms with Crippen molar-refractivity contribution >= 4 is 17.2 Å². The van der Waals surface area contributed by atoms with E-state index in [1.165, 1.54) is 11.3 Å². The molecule has 1 atom stereocenters. The van der Waals surface area contributed by atoms with Crippen molar-refractivity contribution in [2.45, 2.75) is 19.4 Å². The Kier molecular flexibility index (Phi) is 3.96. The predicted molar refractivity (Wildman–Crippen MR) is 81.9 cm³/mol. The fraction of sp³-hybridized carbons (Fsp3) is 0.467. The summed E-state index contributed by atoms with van der Waals surface area (Å²) in [5.74, 6) is 2.34. The van der Waals surface area contributed by atoms with Crippen LogP contribution in [-0.4, -0.2) is 41.1 Å². The molecular weight excluding hydrogens is 286 g/mol. The second kappa shape index (κ2) is 5.89. The van der Waals surface area contributed by atoms with Gasteiger partial charge in [0.05, 0.1) is 7.11 Å². The number of carbonyl (C=O) groups excluding carboxylic acids is 1. The first-order valence-corrected chi connectivity index (χ1v) is 7.94. The van der Waals surface area contributed by atoms with Crippen LogP contribution in [0.15, 0.2) is 23.8 Å². The lowest BCUT2D eigenvalue weighted by atomic mass is 9.99. The van der Waals surface area contributed by atoms with Gasteiger partial charge < -0.3 is 14.2 Å². The number of carbonyl (C=O) groups is 1. The highest BCUT2D eigenvalue weighted by atomic mass is 32.1. The minimum atomic E-state index is 0.0401. The number of imidazole rings is 1. The number of thiophene rings is 1. The Morgan fingerprint density at radius 1 is 1.62 bits per heavy atom. The Morgan fingerprint density at radius 3 is 3.29 bits per heavy atom. The number of methoxy groups -OCH3 is 1. The molecule has 6 heteroatoms. The zero-order chi connectivity index (χ0) is 14.8. The van der Waals surface area contributed by atoms with Gasteiger partial charge in [-0.3, -0.25) is 4.79 Å². The van der Waals surface area contributed by atoms with Crippen molar-refractivity contribution in [3.8, 4) is 5.75 Å². The first-order chi connectivity index (χ1) is 10.2. The second-order valence-electron chi connectivity index (χ2n) is 5.40. The van der Waals surface area contributed by atoms with Crippen LogP contribution in [0.5, 0.6) is 5.75 Å². The van der Waals surface area contributed by atoms with Gasteiger partial charge in [0.2, 0.25) is 0 Å². The van der Waals surface area contributed by atoms with Crippen LogP contribution in [0, 0.1) is 5.92 Å². The number of rotatable bonds is 4. The lowest BCUT2D eigenvalue weighted by Crippen LogP contribution is -2.35. The number of nitrogens with zero attached hydrogens (tertiary/aromatic N) is 3. The molecule has 0 aromatic carbocycles. The number of fused-ring (bicyclic) bond motifs is 1. The van der Waals surface area contributed by atoms with Crippen LogP contribution in [0.25, 0.3) is 0 Å². The highest BCUT2D eigenvalue weighted by Gasteiger charge is 2.24. The number of aryl methyl sites for hydroxylation is 1. The van der Waals surface area contributed by atoms with Crippen molar-refractivity contribution in [2.24, 2.45) is 5.92 Å². The Bertz CT molecular complexity index is 634. The molecule has 0 saturated heterocycles. The smallest absolute Gasteiger partial charge is 0.267 e. The lowest BCUT2D eigenvalue weighted by molar-refractivity contribution is 0.0762. The van der Waals surface area contributed by atoms with E-state index in [1.54, 1.807) is 12.0 Å². The average molecular weight is 305 g/mol. The molecule has 3 heterocycles. The summed E-state index contributed by atoms with van der Waals surface area (Å²) in [7, 11) is 3.46. The highest BCUT2D eigenvalue weighted by Crippen LogP contribution is 2.26. The summed E-state index contributed by atoms with van der Waals surface area (Å²) in [6.07, 6.45) is 5.94. The van der Waals surface area contributed by atoms with Gasteiger partial charge in [-0.05, 0) is 23.8 Å². The summed E-state index contributed by atoms with van der Waals surface area (Å²) in [6.45, 7) is 1.70. The summed E-state index contributed by atoms with van der Waals surface area (Å²) in [5.41, 5.74) is 0. The van der Waals surface area contributed by atoms with Crippen molar-refractivity contribution in [1.29, 1.82) is 0 Å². The van der Waals surface area contributed by atoms with Gasteiger partial charge in [-0.2, -0.15) is 0 Å². The minimum Gasteiger partial charge on any atom is -0.495 e. The first kappa shape index (κ1) is 14.1. The number of hydrogen-bond acceptors (Lipinski definition) is 4. The zero-order valence-corrected chi connectivity index (χ0v) is 13.1. The van der Waals surface area contributed by atoms with Crippen molar-refractivity contribution in [2.75, 3.05) is 20.7 Å². The predicted octanol–water partition coefficient (Wildman–Crippen LogP) is 2.29. The quantitative estimate of drug-likeness (QED) is 0.871. The van der Waals surface area contributed by atoms with E-state index in [4.69, 9.17) is 4.74 Å². The molecule has 5 nitrogen and oxygen atoms in total. The number of ether oxygens (including phenoxy) is 1. The molecule has 0 radical (unpaired) electrons. The maximum Gasteiger partial charge on any atom is 0.267 e. The molecule has 1 aliphatic heterocycles. The number of hydrogen-bond donors (Lipinski definition) is 0. The van der Waals surface area contributed by atoms with Crippen LogP contribution >= 0.6 is 11.3 Å². The normalized spacial score (nSPS) is 17.3. The molecule has 21 heavy (non-hydrogen) atoms. The third kappa shape index (κ3) is 2.81. The molecule has 0 aliphatic carbocycles. The van der Waals surface area contributed by atoms with E-state index in [9.17, 15) is 4.79 Å². The maximum atomic E-state index is 12.5. The topological polar surface area (TPSA) is 47.4 Å². The monoisotopic (exact) mass is 305 g/mol. The van der Waals surface area contributed by atoms with Gasteiger partial charge in [-0.25, -0.2) is 4.98 Å². The second-order valence-corrected chi connectivity index (χ2v) is 6.32. The van der Waals surface area contributed by atoms with Gasteiger partial charge in [0.25, 0.3) is 5.91 Å². The van der Waals surface area contributed by atoms with Crippen molar-refractivity contribution in [3.63, 3.8) is 0 Å². The van der Waals surface area contributed by atoms with E-state index < -0.39 is 0 Å². The molecule has 0 fully saturated rings. The lowest BCUT2D eigenvalue weighted by Gasteiger charge is -2.28. The van der Waals surface area contributed by atoms with Gasteiger partial charge in [-0.1, -0.05) is 0 Å². The zero-order valence-electron chi connectivity index (χ0n) is 12.3. The molecule has 2 aromatic heterocycles. The van der Waals surface area contributed by atoms with Crippen molar-refractivity contribution < 1.29 is 9.53 Å². The third-order valence-corrected chi connectivity index (χ3v) is 4.84. The highest BCUT2D eigenvalue weighted by molar-refractivity contribution is 7.12. The molecule has 0 saturated carbocycles. The van der Waals surface area contributed by atoms with E-state index in [2.05, 4.69) is 9.55 Å². The Balaban J connectivity index is 1.64. The van der Waals surface area contributed by atoms with Crippen LogP contribution in [0.4, 0.5) is 0 Å². The van der Waals surface area contributed by atoms with Gasteiger partial charge >= 0.3 is 0 Å². The standard InChI is InChI=1S/C15H19N3O2S/c1-17(15(19)14-12(20-2)5-8-21-14)9-11-3-4-13-16-6-7-18(13)10-11/h5-8,11H,3-4,9-10H2,1-2H3/t11-/m0/s1. The van der Waals surface area contributed by atoms with Gasteiger partial charge in [-0.15, -0.1) is 11.3 Å². The molecule has 112 valence electrons. The maximum absolute atomic E-state index is 12.5. The van der Waals surface area contributed by atoms with E-state index >= 15 is 0 Å². The minimum absolute atomic E-state index is 0.0401. The molecular formula is C15H19N3O2S. The fourth-order valence-electron chi connectivity index (χ4n) is 2.84. The van der Waals surface area contributed by atoms with Crippen LogP contribution in [0.2, 0.25) is 0 Å². The van der Waals surface area contributed by atoms with Gasteiger partial charge in [0.1, 0.15) is 16.5 Å². The molecule has 2 aromatic rings. The number of amides is 1. The number of aromatic nitrogens is 2. The van der Waals surface area contributed by atoms with Gasteiger partial charge in [0, 0.05) is 39.0 Å². The van der Waals surface area contributed by atoms with Crippen LogP contribution in [-0.2, 0) is 13.0 Å². The summed E-state index contributed by atoms with van der Waals surface area (Å²) in [6, 6.07) is 1.84. The summed E-state index contributed by atoms with van der Waals surface area (Å²) in [4.78, 5) is 19.3.